The van der Waals surface area contributed by atoms with Crippen molar-refractivity contribution in [2.24, 2.45) is 0 Å². The Bertz CT molecular complexity index is 623. The average Bonchev–Trinajstić information content (AvgIpc) is 2.55. The number of anilines is 1. The van der Waals surface area contributed by atoms with E-state index >= 15 is 0 Å². The summed E-state index contributed by atoms with van der Waals surface area (Å²) in [5.41, 5.74) is 1.82. The Morgan fingerprint density at radius 2 is 1.87 bits per heavy atom. The molecule has 0 spiro atoms. The first-order chi connectivity index (χ1) is 11.1. The molecule has 0 bridgehead atoms. The van der Waals surface area contributed by atoms with Crippen molar-refractivity contribution in [3.8, 4) is 5.75 Å². The standard InChI is InChI=1S/C16H17F2N3OS/c1-2-21(11-12-7-9-19-10-8-12)16(23)20-13-3-5-14(6-4-13)22-15(17)18/h3-10,15H,2,11H2,1H3,(H,20,23). The molecule has 1 heterocycles. The number of nitrogens with one attached hydrogen (secondary N) is 1. The molecule has 1 aromatic heterocycles. The second-order valence-electron chi connectivity index (χ2n) is 4.70. The second-order valence-corrected chi connectivity index (χ2v) is 5.09. The van der Waals surface area contributed by atoms with Crippen molar-refractivity contribution in [2.45, 2.75) is 20.1 Å². The number of ether oxygens (including phenoxy) is 1. The minimum absolute atomic E-state index is 0.112. The van der Waals surface area contributed by atoms with E-state index in [1.165, 1.54) is 12.1 Å². The highest BCUT2D eigenvalue weighted by Crippen LogP contribution is 2.18. The summed E-state index contributed by atoms with van der Waals surface area (Å²) < 4.78 is 28.6. The number of nitrogens with zero attached hydrogens (tertiary/aromatic N) is 2. The number of alkyl halides is 2. The summed E-state index contributed by atoms with van der Waals surface area (Å²) in [6, 6.07) is 10.1. The van der Waals surface area contributed by atoms with Crippen molar-refractivity contribution in [1.29, 1.82) is 0 Å². The molecule has 2 rings (SSSR count). The first-order valence-electron chi connectivity index (χ1n) is 7.08. The molecule has 0 amide bonds. The monoisotopic (exact) mass is 337 g/mol. The molecular weight excluding hydrogens is 320 g/mol. The minimum atomic E-state index is -2.83. The molecule has 7 heteroatoms. The average molecular weight is 337 g/mol. The molecule has 1 aromatic carbocycles. The Kier molecular flexibility index (Phi) is 6.22. The molecule has 122 valence electrons. The Hall–Kier alpha value is -2.28. The maximum Gasteiger partial charge on any atom is 0.387 e. The van der Waals surface area contributed by atoms with Crippen LogP contribution in [0.15, 0.2) is 48.8 Å². The van der Waals surface area contributed by atoms with Gasteiger partial charge in [-0.05, 0) is 61.1 Å². The van der Waals surface area contributed by atoms with Crippen LogP contribution in [-0.4, -0.2) is 28.2 Å². The molecule has 4 nitrogen and oxygen atoms in total. The summed E-state index contributed by atoms with van der Waals surface area (Å²) in [5, 5.41) is 3.65. The summed E-state index contributed by atoms with van der Waals surface area (Å²) in [4.78, 5) is 5.98. The minimum Gasteiger partial charge on any atom is -0.435 e. The van der Waals surface area contributed by atoms with Gasteiger partial charge in [-0.3, -0.25) is 4.98 Å². The molecular formula is C16H17F2N3OS. The van der Waals surface area contributed by atoms with E-state index in [0.29, 0.717) is 17.3 Å². The van der Waals surface area contributed by atoms with Crippen LogP contribution >= 0.6 is 12.2 Å². The molecule has 0 saturated carbocycles. The summed E-state index contributed by atoms with van der Waals surface area (Å²) >= 11 is 5.41. The van der Waals surface area contributed by atoms with E-state index < -0.39 is 6.61 Å². The molecule has 0 radical (unpaired) electrons. The first kappa shape index (κ1) is 17.1. The van der Waals surface area contributed by atoms with E-state index in [1.807, 2.05) is 24.0 Å². The number of aromatic nitrogens is 1. The Morgan fingerprint density at radius 1 is 1.22 bits per heavy atom. The van der Waals surface area contributed by atoms with Gasteiger partial charge in [0.1, 0.15) is 5.75 Å². The van der Waals surface area contributed by atoms with Gasteiger partial charge in [0, 0.05) is 31.2 Å². The van der Waals surface area contributed by atoms with E-state index in [4.69, 9.17) is 12.2 Å². The van der Waals surface area contributed by atoms with Crippen LogP contribution in [0.25, 0.3) is 0 Å². The van der Waals surface area contributed by atoms with Gasteiger partial charge >= 0.3 is 6.61 Å². The predicted molar refractivity (Wildman–Crippen MR) is 89.6 cm³/mol. The van der Waals surface area contributed by atoms with Crippen molar-refractivity contribution in [1.82, 2.24) is 9.88 Å². The van der Waals surface area contributed by atoms with Crippen LogP contribution in [0.3, 0.4) is 0 Å². The Balaban J connectivity index is 1.96. The molecule has 23 heavy (non-hydrogen) atoms. The van der Waals surface area contributed by atoms with E-state index in [2.05, 4.69) is 15.0 Å². The number of benzene rings is 1. The van der Waals surface area contributed by atoms with Crippen LogP contribution in [0, 0.1) is 0 Å². The normalized spacial score (nSPS) is 10.4. The molecule has 0 saturated heterocycles. The van der Waals surface area contributed by atoms with Gasteiger partial charge in [0.15, 0.2) is 5.11 Å². The molecule has 0 aliphatic carbocycles. The SMILES string of the molecule is CCN(Cc1ccncc1)C(=S)Nc1ccc(OC(F)F)cc1. The van der Waals surface area contributed by atoms with E-state index in [9.17, 15) is 8.78 Å². The number of hydrogen-bond donors (Lipinski definition) is 1. The number of thiocarbonyl (C=S) groups is 1. The molecule has 0 aliphatic rings. The lowest BCUT2D eigenvalue weighted by Gasteiger charge is -2.24. The van der Waals surface area contributed by atoms with Gasteiger partial charge in [-0.25, -0.2) is 0 Å². The van der Waals surface area contributed by atoms with E-state index in [1.54, 1.807) is 24.5 Å². The highest BCUT2D eigenvalue weighted by atomic mass is 32.1. The molecule has 2 aromatic rings. The molecule has 0 aliphatic heterocycles. The van der Waals surface area contributed by atoms with Gasteiger partial charge in [-0.1, -0.05) is 0 Å². The first-order valence-corrected chi connectivity index (χ1v) is 7.49. The third-order valence-corrected chi connectivity index (χ3v) is 3.48. The van der Waals surface area contributed by atoms with Gasteiger partial charge in [0.25, 0.3) is 0 Å². The van der Waals surface area contributed by atoms with Gasteiger partial charge in [-0.2, -0.15) is 8.78 Å². The molecule has 0 atom stereocenters. The summed E-state index contributed by atoms with van der Waals surface area (Å²) in [6.45, 7) is 0.582. The number of rotatable bonds is 6. The van der Waals surface area contributed by atoms with Crippen molar-refractivity contribution in [2.75, 3.05) is 11.9 Å². The van der Waals surface area contributed by atoms with Crippen LogP contribution in [0.4, 0.5) is 14.5 Å². The second kappa shape index (κ2) is 8.38. The third-order valence-electron chi connectivity index (χ3n) is 3.12. The zero-order chi connectivity index (χ0) is 16.7. The van der Waals surface area contributed by atoms with Crippen molar-refractivity contribution in [3.63, 3.8) is 0 Å². The number of hydrogen-bond acceptors (Lipinski definition) is 3. The molecule has 1 N–H and O–H groups in total. The zero-order valence-electron chi connectivity index (χ0n) is 12.6. The lowest BCUT2D eigenvalue weighted by atomic mass is 10.2. The number of halogens is 2. The summed E-state index contributed by atoms with van der Waals surface area (Å²) in [5.74, 6) is 0.112. The molecule has 0 fully saturated rings. The van der Waals surface area contributed by atoms with Crippen LogP contribution in [0.1, 0.15) is 12.5 Å². The Labute approximate surface area is 139 Å². The lowest BCUT2D eigenvalue weighted by Crippen LogP contribution is -2.34. The van der Waals surface area contributed by atoms with Crippen molar-refractivity contribution >= 4 is 23.0 Å². The van der Waals surface area contributed by atoms with Gasteiger partial charge in [-0.15, -0.1) is 0 Å². The summed E-state index contributed by atoms with van der Waals surface area (Å²) in [6.07, 6.45) is 3.47. The molecule has 0 unspecified atom stereocenters. The van der Waals surface area contributed by atoms with Gasteiger partial charge < -0.3 is 15.0 Å². The lowest BCUT2D eigenvalue weighted by molar-refractivity contribution is -0.0498. The highest BCUT2D eigenvalue weighted by molar-refractivity contribution is 7.80. The zero-order valence-corrected chi connectivity index (χ0v) is 13.4. The van der Waals surface area contributed by atoms with Crippen molar-refractivity contribution < 1.29 is 13.5 Å². The maximum atomic E-state index is 12.1. The Morgan fingerprint density at radius 3 is 2.43 bits per heavy atom. The van der Waals surface area contributed by atoms with Crippen LogP contribution in [-0.2, 0) is 6.54 Å². The predicted octanol–water partition coefficient (Wildman–Crippen LogP) is 3.90. The quantitative estimate of drug-likeness (QED) is 0.809. The fourth-order valence-corrected chi connectivity index (χ4v) is 2.27. The fourth-order valence-electron chi connectivity index (χ4n) is 1.96. The van der Waals surface area contributed by atoms with Gasteiger partial charge in [0.05, 0.1) is 0 Å². The summed E-state index contributed by atoms with van der Waals surface area (Å²) in [7, 11) is 0. The number of pyridine rings is 1. The smallest absolute Gasteiger partial charge is 0.387 e. The van der Waals surface area contributed by atoms with E-state index in [-0.39, 0.29) is 5.75 Å². The highest BCUT2D eigenvalue weighted by Gasteiger charge is 2.09. The van der Waals surface area contributed by atoms with Crippen LogP contribution in [0.2, 0.25) is 0 Å². The van der Waals surface area contributed by atoms with E-state index in [0.717, 1.165) is 12.1 Å². The maximum absolute atomic E-state index is 12.1. The third kappa shape index (κ3) is 5.45. The van der Waals surface area contributed by atoms with Crippen LogP contribution < -0.4 is 10.1 Å². The topological polar surface area (TPSA) is 37.4 Å². The van der Waals surface area contributed by atoms with Crippen LogP contribution in [0.5, 0.6) is 5.75 Å². The van der Waals surface area contributed by atoms with Gasteiger partial charge in [0.2, 0.25) is 0 Å². The fraction of sp³-hybridized carbons (Fsp3) is 0.250. The van der Waals surface area contributed by atoms with Crippen molar-refractivity contribution in [3.05, 3.63) is 54.4 Å². The largest absolute Gasteiger partial charge is 0.435 e.